The first-order valence-corrected chi connectivity index (χ1v) is 8.65. The van der Waals surface area contributed by atoms with Gasteiger partial charge < -0.3 is 19.1 Å². The minimum Gasteiger partial charge on any atom is -0.460 e. The fourth-order valence-electron chi connectivity index (χ4n) is 2.36. The zero-order valence-corrected chi connectivity index (χ0v) is 16.4. The highest BCUT2D eigenvalue weighted by molar-refractivity contribution is 5.97. The maximum Gasteiger partial charge on any atom is 0.410 e. The molecule has 0 spiro atoms. The fourth-order valence-corrected chi connectivity index (χ4v) is 2.36. The highest BCUT2D eigenvalue weighted by Gasteiger charge is 2.32. The smallest absolute Gasteiger partial charge is 0.410 e. The number of ether oxygens (including phenoxy) is 3. The van der Waals surface area contributed by atoms with E-state index in [4.69, 9.17) is 14.2 Å². The molecule has 0 aromatic heterocycles. The third-order valence-electron chi connectivity index (χ3n) is 3.39. The van der Waals surface area contributed by atoms with Gasteiger partial charge in [0.1, 0.15) is 23.7 Å². The molecule has 1 heterocycles. The van der Waals surface area contributed by atoms with E-state index in [1.807, 2.05) is 20.8 Å². The predicted molar refractivity (Wildman–Crippen MR) is 92.2 cm³/mol. The van der Waals surface area contributed by atoms with E-state index in [1.165, 1.54) is 0 Å². The average molecular weight is 357 g/mol. The third-order valence-corrected chi connectivity index (χ3v) is 3.39. The van der Waals surface area contributed by atoms with Gasteiger partial charge in [-0.3, -0.25) is 9.59 Å². The topological polar surface area (TPSA) is 82.1 Å². The molecule has 0 radical (unpaired) electrons. The Bertz CT molecular complexity index is 503. The van der Waals surface area contributed by atoms with Crippen LogP contribution in [0.2, 0.25) is 0 Å². The Morgan fingerprint density at radius 1 is 1.04 bits per heavy atom. The van der Waals surface area contributed by atoms with Crippen molar-refractivity contribution in [3.05, 3.63) is 0 Å². The molecular formula is C18H31NO6. The van der Waals surface area contributed by atoms with Gasteiger partial charge in [-0.05, 0) is 54.9 Å². The largest absolute Gasteiger partial charge is 0.460 e. The molecule has 0 aromatic rings. The Hall–Kier alpha value is -1.63. The summed E-state index contributed by atoms with van der Waals surface area (Å²) in [5.74, 6) is -0.889. The quantitative estimate of drug-likeness (QED) is 0.556. The molecule has 0 saturated carbocycles. The van der Waals surface area contributed by atoms with Crippen molar-refractivity contribution < 1.29 is 28.6 Å². The van der Waals surface area contributed by atoms with Gasteiger partial charge in [0.2, 0.25) is 0 Å². The summed E-state index contributed by atoms with van der Waals surface area (Å²) in [7, 11) is 0. The van der Waals surface area contributed by atoms with E-state index in [1.54, 1.807) is 32.6 Å². The Kier molecular flexibility index (Phi) is 6.99. The molecule has 0 aromatic carbocycles. The van der Waals surface area contributed by atoms with Gasteiger partial charge in [0, 0.05) is 6.54 Å². The van der Waals surface area contributed by atoms with Crippen LogP contribution >= 0.6 is 0 Å². The number of hydrogen-bond acceptors (Lipinski definition) is 6. The van der Waals surface area contributed by atoms with E-state index in [9.17, 15) is 14.4 Å². The second kappa shape index (κ2) is 8.17. The predicted octanol–water partition coefficient (Wildman–Crippen LogP) is 2.70. The number of likely N-dealkylation sites (tertiary alicyclic amines) is 1. The van der Waals surface area contributed by atoms with Crippen LogP contribution in [0, 0.1) is 0 Å². The molecule has 1 unspecified atom stereocenters. The number of carbonyl (C=O) groups excluding carboxylic acids is 3. The third kappa shape index (κ3) is 8.34. The molecule has 1 amide bonds. The molecule has 25 heavy (non-hydrogen) atoms. The van der Waals surface area contributed by atoms with E-state index in [-0.39, 0.29) is 24.4 Å². The van der Waals surface area contributed by atoms with Gasteiger partial charge in [-0.2, -0.15) is 0 Å². The van der Waals surface area contributed by atoms with Gasteiger partial charge in [-0.25, -0.2) is 4.79 Å². The van der Waals surface area contributed by atoms with Gasteiger partial charge in [-0.15, -0.1) is 0 Å². The summed E-state index contributed by atoms with van der Waals surface area (Å²) in [6.07, 6.45) is -1.04. The molecular weight excluding hydrogens is 326 g/mol. The highest BCUT2D eigenvalue weighted by atomic mass is 16.6. The number of amides is 1. The van der Waals surface area contributed by atoms with E-state index < -0.39 is 23.3 Å². The van der Waals surface area contributed by atoms with Crippen LogP contribution in [0.3, 0.4) is 0 Å². The van der Waals surface area contributed by atoms with Crippen LogP contribution in [0.25, 0.3) is 0 Å². The first-order valence-electron chi connectivity index (χ1n) is 8.65. The van der Waals surface area contributed by atoms with Crippen LogP contribution in [0.5, 0.6) is 0 Å². The van der Waals surface area contributed by atoms with Crippen LogP contribution in [0.4, 0.5) is 4.79 Å². The minimum absolute atomic E-state index is 0.245. The Balaban J connectivity index is 2.43. The normalized spacial score (nSPS) is 19.5. The second-order valence-corrected chi connectivity index (χ2v) is 8.34. The van der Waals surface area contributed by atoms with Crippen LogP contribution in [0.1, 0.15) is 61.3 Å². The lowest BCUT2D eigenvalue weighted by molar-refractivity contribution is -0.158. The number of esters is 1. The van der Waals surface area contributed by atoms with Crippen LogP contribution in [-0.2, 0) is 23.8 Å². The van der Waals surface area contributed by atoms with E-state index in [0.29, 0.717) is 19.5 Å². The monoisotopic (exact) mass is 357 g/mol. The molecule has 1 aliphatic heterocycles. The first kappa shape index (κ1) is 21.4. The van der Waals surface area contributed by atoms with Crippen molar-refractivity contribution in [3.63, 3.8) is 0 Å². The maximum absolute atomic E-state index is 12.1. The van der Waals surface area contributed by atoms with Crippen molar-refractivity contribution in [2.75, 3.05) is 13.1 Å². The lowest BCUT2D eigenvalue weighted by Crippen LogP contribution is -2.37. The SMILES string of the molecule is CC(O[C@H]1CCN(C(=O)OC(C)(C)C)C1)C(=O)CC(=O)OC(C)(C)C. The summed E-state index contributed by atoms with van der Waals surface area (Å²) in [4.78, 5) is 37.4. The molecule has 7 nitrogen and oxygen atoms in total. The van der Waals surface area contributed by atoms with Crippen molar-refractivity contribution >= 4 is 17.8 Å². The molecule has 0 bridgehead atoms. The van der Waals surface area contributed by atoms with E-state index in [0.717, 1.165) is 0 Å². The summed E-state index contributed by atoms with van der Waals surface area (Å²) in [5, 5.41) is 0. The highest BCUT2D eigenvalue weighted by Crippen LogP contribution is 2.19. The van der Waals surface area contributed by atoms with Gasteiger partial charge in [0.25, 0.3) is 0 Å². The second-order valence-electron chi connectivity index (χ2n) is 8.34. The lowest BCUT2D eigenvalue weighted by atomic mass is 10.1. The minimum atomic E-state index is -0.726. The molecule has 1 aliphatic rings. The molecule has 1 rings (SSSR count). The summed E-state index contributed by atoms with van der Waals surface area (Å²) >= 11 is 0. The number of carbonyl (C=O) groups is 3. The van der Waals surface area contributed by atoms with Gasteiger partial charge in [0.15, 0.2) is 5.78 Å². The van der Waals surface area contributed by atoms with Gasteiger partial charge in [-0.1, -0.05) is 0 Å². The van der Waals surface area contributed by atoms with Crippen molar-refractivity contribution in [1.29, 1.82) is 0 Å². The number of hydrogen-bond donors (Lipinski definition) is 0. The van der Waals surface area contributed by atoms with Crippen LogP contribution in [0.15, 0.2) is 0 Å². The first-order chi connectivity index (χ1) is 11.3. The Morgan fingerprint density at radius 2 is 1.60 bits per heavy atom. The summed E-state index contributed by atoms with van der Waals surface area (Å²) in [5.41, 5.74) is -1.17. The van der Waals surface area contributed by atoms with Crippen molar-refractivity contribution in [3.8, 4) is 0 Å². The number of rotatable bonds is 5. The molecule has 1 fully saturated rings. The number of ketones is 1. The van der Waals surface area contributed by atoms with Gasteiger partial charge in [0.05, 0.1) is 12.6 Å². The van der Waals surface area contributed by atoms with Crippen molar-refractivity contribution in [2.45, 2.75) is 84.7 Å². The summed E-state index contributed by atoms with van der Waals surface area (Å²) in [6.45, 7) is 13.2. The Morgan fingerprint density at radius 3 is 2.12 bits per heavy atom. The zero-order valence-electron chi connectivity index (χ0n) is 16.4. The molecule has 144 valence electrons. The van der Waals surface area contributed by atoms with E-state index >= 15 is 0 Å². The Labute approximate surface area is 150 Å². The molecule has 1 saturated heterocycles. The fraction of sp³-hybridized carbons (Fsp3) is 0.833. The van der Waals surface area contributed by atoms with E-state index in [2.05, 4.69) is 0 Å². The standard InChI is InChI=1S/C18H31NO6/c1-12(14(20)10-15(21)24-17(2,3)4)23-13-8-9-19(11-13)16(22)25-18(5,6)7/h12-13H,8-11H2,1-7H3/t12?,13-/m0/s1. The van der Waals surface area contributed by atoms with Crippen molar-refractivity contribution in [1.82, 2.24) is 4.90 Å². The molecule has 2 atom stereocenters. The van der Waals surface area contributed by atoms with Crippen LogP contribution in [-0.4, -0.2) is 59.2 Å². The lowest BCUT2D eigenvalue weighted by Gasteiger charge is -2.24. The zero-order chi connectivity index (χ0) is 19.4. The number of nitrogens with zero attached hydrogens (tertiary/aromatic N) is 1. The summed E-state index contributed by atoms with van der Waals surface area (Å²) < 4.78 is 16.2. The average Bonchev–Trinajstić information content (AvgIpc) is 2.82. The summed E-state index contributed by atoms with van der Waals surface area (Å²) in [6, 6.07) is 0. The number of Topliss-reactive ketones (excluding diaryl/α,β-unsaturated/α-hetero) is 1. The molecule has 7 heteroatoms. The molecule has 0 N–H and O–H groups in total. The maximum atomic E-state index is 12.1. The van der Waals surface area contributed by atoms with Gasteiger partial charge >= 0.3 is 12.1 Å². The molecule has 0 aliphatic carbocycles. The van der Waals surface area contributed by atoms with Crippen molar-refractivity contribution in [2.24, 2.45) is 0 Å². The van der Waals surface area contributed by atoms with Crippen LogP contribution < -0.4 is 0 Å².